The topological polar surface area (TPSA) is 98.1 Å². The SMILES string of the molecule is CCOC(=O)NC(=O)N(CC=CC(F)(F)F)Cc1c(C(F)(F)F)nc2sc(COC)nn12. The molecule has 9 nitrogen and oxygen atoms in total. The fourth-order valence-corrected chi connectivity index (χ4v) is 3.31. The lowest BCUT2D eigenvalue weighted by atomic mass is 10.3. The molecule has 2 rings (SSSR count). The number of halogens is 6. The van der Waals surface area contributed by atoms with E-state index in [1.54, 1.807) is 5.32 Å². The smallest absolute Gasteiger partial charge is 0.435 e. The largest absolute Gasteiger partial charge is 0.450 e. The van der Waals surface area contributed by atoms with E-state index >= 15 is 0 Å². The highest BCUT2D eigenvalue weighted by Crippen LogP contribution is 2.34. The summed E-state index contributed by atoms with van der Waals surface area (Å²) in [6.45, 7) is -0.331. The summed E-state index contributed by atoms with van der Waals surface area (Å²) in [6, 6.07) is -1.27. The second-order valence-corrected chi connectivity index (χ2v) is 7.04. The minimum Gasteiger partial charge on any atom is -0.450 e. The van der Waals surface area contributed by atoms with Gasteiger partial charge in [0, 0.05) is 19.7 Å². The number of nitrogens with zero attached hydrogens (tertiary/aromatic N) is 4. The van der Waals surface area contributed by atoms with Gasteiger partial charge in [-0.3, -0.25) is 0 Å². The van der Waals surface area contributed by atoms with Gasteiger partial charge in [-0.2, -0.15) is 31.4 Å². The zero-order valence-electron chi connectivity index (χ0n) is 16.6. The summed E-state index contributed by atoms with van der Waals surface area (Å²) in [7, 11) is 1.35. The Kier molecular flexibility index (Phi) is 8.06. The molecule has 0 saturated carbocycles. The number of allylic oxidation sites excluding steroid dienone is 1. The molecule has 2 aromatic rings. The lowest BCUT2D eigenvalue weighted by molar-refractivity contribution is -0.141. The molecule has 3 amide bonds. The molecule has 1 N–H and O–H groups in total. The first-order valence-electron chi connectivity index (χ1n) is 8.76. The van der Waals surface area contributed by atoms with E-state index in [1.165, 1.54) is 14.0 Å². The van der Waals surface area contributed by atoms with Crippen LogP contribution in [0.4, 0.5) is 35.9 Å². The molecule has 0 aliphatic carbocycles. The molecule has 0 radical (unpaired) electrons. The Morgan fingerprint density at radius 1 is 1.25 bits per heavy atom. The Balaban J connectivity index is 2.43. The number of imide groups is 1. The highest BCUT2D eigenvalue weighted by molar-refractivity contribution is 7.16. The average molecular weight is 489 g/mol. The highest BCUT2D eigenvalue weighted by atomic mass is 32.1. The van der Waals surface area contributed by atoms with Crippen molar-refractivity contribution in [1.82, 2.24) is 24.8 Å². The van der Waals surface area contributed by atoms with Crippen molar-refractivity contribution in [2.75, 3.05) is 20.3 Å². The van der Waals surface area contributed by atoms with Gasteiger partial charge < -0.3 is 14.4 Å². The van der Waals surface area contributed by atoms with E-state index in [1.807, 2.05) is 0 Å². The van der Waals surface area contributed by atoms with E-state index in [-0.39, 0.29) is 29.3 Å². The fourth-order valence-electron chi connectivity index (χ4n) is 2.43. The van der Waals surface area contributed by atoms with Crippen molar-refractivity contribution in [1.29, 1.82) is 0 Å². The van der Waals surface area contributed by atoms with Crippen LogP contribution in [0, 0.1) is 0 Å². The van der Waals surface area contributed by atoms with Crippen LogP contribution in [0.25, 0.3) is 4.96 Å². The van der Waals surface area contributed by atoms with Gasteiger partial charge in [0.15, 0.2) is 5.69 Å². The molecule has 2 aromatic heterocycles. The number of carbonyl (C=O) groups excluding carboxylic acids is 2. The van der Waals surface area contributed by atoms with E-state index in [4.69, 9.17) is 4.74 Å². The van der Waals surface area contributed by atoms with Gasteiger partial charge in [0.25, 0.3) is 0 Å². The summed E-state index contributed by atoms with van der Waals surface area (Å²) in [6.07, 6.45) is -10.5. The van der Waals surface area contributed by atoms with Crippen molar-refractivity contribution in [2.24, 2.45) is 0 Å². The van der Waals surface area contributed by atoms with Crippen LogP contribution in [-0.4, -0.2) is 58.1 Å². The Hall–Kier alpha value is -2.88. The maximum Gasteiger partial charge on any atom is 0.435 e. The molecular formula is C16H17F6N5O4S. The molecule has 0 unspecified atom stereocenters. The minimum absolute atomic E-state index is 0.0177. The third-order valence-corrected chi connectivity index (χ3v) is 4.50. The molecule has 32 heavy (non-hydrogen) atoms. The number of hydrogen-bond donors (Lipinski definition) is 1. The van der Waals surface area contributed by atoms with Crippen LogP contribution in [-0.2, 0) is 28.8 Å². The lowest BCUT2D eigenvalue weighted by Crippen LogP contribution is -2.43. The van der Waals surface area contributed by atoms with Crippen LogP contribution >= 0.6 is 11.3 Å². The first kappa shape index (κ1) is 25.4. The predicted molar refractivity (Wildman–Crippen MR) is 97.7 cm³/mol. The zero-order chi connectivity index (χ0) is 24.1. The number of aromatic nitrogens is 3. The first-order valence-corrected chi connectivity index (χ1v) is 9.58. The summed E-state index contributed by atoms with van der Waals surface area (Å²) in [5.74, 6) is 0. The molecule has 2 heterocycles. The second kappa shape index (κ2) is 10.2. The molecule has 0 spiro atoms. The quantitative estimate of drug-likeness (QED) is 0.470. The monoisotopic (exact) mass is 489 g/mol. The van der Waals surface area contributed by atoms with E-state index in [2.05, 4.69) is 14.8 Å². The van der Waals surface area contributed by atoms with E-state index in [0.29, 0.717) is 11.0 Å². The molecule has 0 atom stereocenters. The van der Waals surface area contributed by atoms with Crippen molar-refractivity contribution in [3.05, 3.63) is 28.5 Å². The molecule has 16 heteroatoms. The van der Waals surface area contributed by atoms with Gasteiger partial charge in [-0.05, 0) is 6.92 Å². The minimum atomic E-state index is -4.94. The average Bonchev–Trinajstić information content (AvgIpc) is 3.18. The number of nitrogens with one attached hydrogen (secondary N) is 1. The number of amides is 3. The van der Waals surface area contributed by atoms with Crippen molar-refractivity contribution in [3.63, 3.8) is 0 Å². The molecule has 178 valence electrons. The normalized spacial score (nSPS) is 12.5. The Morgan fingerprint density at radius 2 is 1.94 bits per heavy atom. The van der Waals surface area contributed by atoms with Crippen LogP contribution in [0.2, 0.25) is 0 Å². The Morgan fingerprint density at radius 3 is 2.50 bits per heavy atom. The number of alkyl carbamates (subject to hydrolysis) is 1. The number of ether oxygens (including phenoxy) is 2. The van der Waals surface area contributed by atoms with Gasteiger partial charge in [0.05, 0.1) is 25.5 Å². The summed E-state index contributed by atoms with van der Waals surface area (Å²) < 4.78 is 88.0. The molecule has 0 aromatic carbocycles. The van der Waals surface area contributed by atoms with E-state index < -0.39 is 49.0 Å². The van der Waals surface area contributed by atoms with E-state index in [0.717, 1.165) is 15.9 Å². The summed E-state index contributed by atoms with van der Waals surface area (Å²) >= 11 is 0.807. The zero-order valence-corrected chi connectivity index (χ0v) is 17.4. The molecule has 0 saturated heterocycles. The number of carbonyl (C=O) groups is 2. The molecule has 0 bridgehead atoms. The Bertz CT molecular complexity index is 984. The van der Waals surface area contributed by atoms with Crippen LogP contribution in [0.1, 0.15) is 23.3 Å². The van der Waals surface area contributed by atoms with Crippen LogP contribution < -0.4 is 5.32 Å². The van der Waals surface area contributed by atoms with Crippen LogP contribution in [0.15, 0.2) is 12.2 Å². The van der Waals surface area contributed by atoms with Crippen molar-refractivity contribution >= 4 is 28.4 Å². The summed E-state index contributed by atoms with van der Waals surface area (Å²) in [4.78, 5) is 27.8. The third-order valence-electron chi connectivity index (χ3n) is 3.62. The highest BCUT2D eigenvalue weighted by Gasteiger charge is 2.39. The second-order valence-electron chi connectivity index (χ2n) is 6.00. The van der Waals surface area contributed by atoms with Gasteiger partial charge in [0.1, 0.15) is 5.01 Å². The summed E-state index contributed by atoms with van der Waals surface area (Å²) in [5, 5.41) is 5.98. The van der Waals surface area contributed by atoms with Gasteiger partial charge in [-0.15, -0.1) is 0 Å². The summed E-state index contributed by atoms with van der Waals surface area (Å²) in [5.41, 5.74) is -1.97. The van der Waals surface area contributed by atoms with Crippen LogP contribution in [0.5, 0.6) is 0 Å². The molecule has 0 aliphatic rings. The van der Waals surface area contributed by atoms with Crippen molar-refractivity contribution < 1.29 is 45.4 Å². The third kappa shape index (κ3) is 6.81. The molecule has 0 aliphatic heterocycles. The number of hydrogen-bond acceptors (Lipinski definition) is 7. The predicted octanol–water partition coefficient (Wildman–Crippen LogP) is 3.74. The number of urea groups is 1. The maximum absolute atomic E-state index is 13.5. The number of imidazole rings is 1. The molecule has 0 fully saturated rings. The van der Waals surface area contributed by atoms with Crippen molar-refractivity contribution in [2.45, 2.75) is 32.4 Å². The number of methoxy groups -OCH3 is 1. The maximum atomic E-state index is 13.5. The van der Waals surface area contributed by atoms with Gasteiger partial charge in [0.2, 0.25) is 4.96 Å². The van der Waals surface area contributed by atoms with E-state index in [9.17, 15) is 35.9 Å². The number of fused-ring (bicyclic) bond motifs is 1. The fraction of sp³-hybridized carbons (Fsp3) is 0.500. The molecular weight excluding hydrogens is 472 g/mol. The first-order chi connectivity index (χ1) is 14.9. The standard InChI is InChI=1S/C16H17F6N5O4S/c1-3-31-14(29)24-12(28)26(6-4-5-15(17,18)19)7-9-11(16(20,21)22)23-13-27(9)25-10(32-13)8-30-2/h4-5H,3,6-8H2,1-2H3,(H,24,28,29). The van der Waals surface area contributed by atoms with Gasteiger partial charge >= 0.3 is 24.5 Å². The number of alkyl halides is 6. The Labute approximate surface area is 180 Å². The number of rotatable bonds is 7. The van der Waals surface area contributed by atoms with Crippen LogP contribution in [0.3, 0.4) is 0 Å². The van der Waals surface area contributed by atoms with Gasteiger partial charge in [-0.25, -0.2) is 24.4 Å². The van der Waals surface area contributed by atoms with Crippen molar-refractivity contribution in [3.8, 4) is 0 Å². The van der Waals surface area contributed by atoms with Gasteiger partial charge in [-0.1, -0.05) is 17.4 Å². The lowest BCUT2D eigenvalue weighted by Gasteiger charge is -2.21.